The molecule has 12 aromatic rings. The lowest BCUT2D eigenvalue weighted by Gasteiger charge is -2.24. The van der Waals surface area contributed by atoms with Crippen molar-refractivity contribution in [3.63, 3.8) is 0 Å². The van der Waals surface area contributed by atoms with Crippen molar-refractivity contribution < 1.29 is 0 Å². The Bertz CT molecular complexity index is 3380. The van der Waals surface area contributed by atoms with E-state index in [0.29, 0.717) is 0 Å². The molecule has 0 bridgehead atoms. The minimum Gasteiger partial charge on any atom is -0.309 e. The van der Waals surface area contributed by atoms with E-state index in [2.05, 4.69) is 238 Å². The van der Waals surface area contributed by atoms with Gasteiger partial charge in [-0.2, -0.15) is 0 Å². The van der Waals surface area contributed by atoms with E-state index in [0.717, 1.165) is 61.9 Å². The highest BCUT2D eigenvalue weighted by Crippen LogP contribution is 2.41. The lowest BCUT2D eigenvalue weighted by molar-refractivity contribution is 1.18. The van der Waals surface area contributed by atoms with Crippen molar-refractivity contribution in [3.05, 3.63) is 243 Å². The average molecular weight is 805 g/mol. The Morgan fingerprint density at radius 2 is 0.667 bits per heavy atom. The largest absolute Gasteiger partial charge is 0.309 e. The summed E-state index contributed by atoms with van der Waals surface area (Å²) in [6.07, 6.45) is 2.02. The number of hydrogen-bond donors (Lipinski definition) is 0. The summed E-state index contributed by atoms with van der Waals surface area (Å²) in [6, 6.07) is 84.9. The van der Waals surface area contributed by atoms with Gasteiger partial charge < -0.3 is 9.13 Å². The molecule has 0 aliphatic rings. The van der Waals surface area contributed by atoms with Crippen molar-refractivity contribution in [1.29, 1.82) is 0 Å². The molecule has 0 saturated carbocycles. The highest BCUT2D eigenvalue weighted by molar-refractivity contribution is 6.12. The molecule has 0 unspecified atom stereocenters. The quantitative estimate of drug-likeness (QED) is 0.153. The minimum absolute atomic E-state index is 0.855. The number of anilines is 3. The van der Waals surface area contributed by atoms with E-state index < -0.39 is 0 Å². The second-order valence-corrected chi connectivity index (χ2v) is 16.1. The smallest absolute Gasteiger partial charge is 0.137 e. The molecule has 12 rings (SSSR count). The van der Waals surface area contributed by atoms with Gasteiger partial charge >= 0.3 is 0 Å². The summed E-state index contributed by atoms with van der Waals surface area (Å²) >= 11 is 0. The zero-order valence-electron chi connectivity index (χ0n) is 34.4. The van der Waals surface area contributed by atoms with E-state index in [-0.39, 0.29) is 0 Å². The molecule has 0 spiro atoms. The van der Waals surface area contributed by atoms with Crippen LogP contribution in [0, 0.1) is 0 Å². The van der Waals surface area contributed by atoms with Crippen LogP contribution in [0.25, 0.3) is 88.4 Å². The lowest BCUT2D eigenvalue weighted by atomic mass is 9.92. The zero-order valence-corrected chi connectivity index (χ0v) is 34.4. The van der Waals surface area contributed by atoms with Crippen molar-refractivity contribution in [2.45, 2.75) is 0 Å². The van der Waals surface area contributed by atoms with Crippen molar-refractivity contribution in [3.8, 4) is 44.8 Å². The predicted molar refractivity (Wildman–Crippen MR) is 264 cm³/mol. The van der Waals surface area contributed by atoms with E-state index in [1.165, 1.54) is 43.6 Å². The molecule has 3 aromatic heterocycles. The first kappa shape index (κ1) is 36.4. The standard InChI is InChI=1S/C59H40N4/c1-5-17-47(18-6-1)61(48-19-7-2-8-20-48)59-34-31-43(40-60-59)46-36-44(41-29-32-57-53(38-41)51-25-13-15-27-55(51)62(57)49-21-9-3-10-22-49)35-45(37-46)42-30-33-58-54(39-42)52-26-14-16-28-56(52)63(58)50-23-11-4-12-24-50/h1-40H. The number of nitrogens with zero attached hydrogens (tertiary/aromatic N) is 4. The van der Waals surface area contributed by atoms with Gasteiger partial charge in [-0.05, 0) is 143 Å². The van der Waals surface area contributed by atoms with Crippen molar-refractivity contribution in [2.75, 3.05) is 4.90 Å². The molecular weight excluding hydrogens is 765 g/mol. The van der Waals surface area contributed by atoms with Crippen molar-refractivity contribution in [2.24, 2.45) is 0 Å². The third kappa shape index (κ3) is 6.36. The summed E-state index contributed by atoms with van der Waals surface area (Å²) in [7, 11) is 0. The molecule has 4 nitrogen and oxygen atoms in total. The zero-order chi connectivity index (χ0) is 41.7. The van der Waals surface area contributed by atoms with Gasteiger partial charge in [0.05, 0.1) is 22.1 Å². The van der Waals surface area contributed by atoms with E-state index >= 15 is 0 Å². The summed E-state index contributed by atoms with van der Waals surface area (Å²) in [6.45, 7) is 0. The first-order valence-electron chi connectivity index (χ1n) is 21.4. The second-order valence-electron chi connectivity index (χ2n) is 16.1. The van der Waals surface area contributed by atoms with Crippen LogP contribution in [-0.2, 0) is 0 Å². The maximum absolute atomic E-state index is 5.15. The average Bonchev–Trinajstić information content (AvgIpc) is 3.88. The summed E-state index contributed by atoms with van der Waals surface area (Å²) in [5.41, 5.74) is 15.9. The molecule has 0 amide bonds. The molecule has 3 heterocycles. The number of para-hydroxylation sites is 6. The topological polar surface area (TPSA) is 26.0 Å². The molecule has 4 heteroatoms. The molecule has 0 saturated heterocycles. The summed E-state index contributed by atoms with van der Waals surface area (Å²) in [5.74, 6) is 0.855. The van der Waals surface area contributed by atoms with Crippen LogP contribution >= 0.6 is 0 Å². The second kappa shape index (κ2) is 15.2. The van der Waals surface area contributed by atoms with Gasteiger partial charge in [0.1, 0.15) is 5.82 Å². The van der Waals surface area contributed by atoms with Crippen LogP contribution < -0.4 is 4.90 Å². The highest BCUT2D eigenvalue weighted by atomic mass is 15.2. The molecule has 0 atom stereocenters. The van der Waals surface area contributed by atoms with Crippen LogP contribution in [0.4, 0.5) is 17.2 Å². The van der Waals surface area contributed by atoms with Gasteiger partial charge in [-0.3, -0.25) is 4.90 Å². The lowest BCUT2D eigenvalue weighted by Crippen LogP contribution is -2.11. The molecule has 0 aliphatic heterocycles. The molecular formula is C59H40N4. The molecule has 0 aliphatic carbocycles. The van der Waals surface area contributed by atoms with Gasteiger partial charge in [-0.15, -0.1) is 0 Å². The maximum atomic E-state index is 5.15. The number of rotatable bonds is 8. The number of fused-ring (bicyclic) bond motifs is 6. The Balaban J connectivity index is 1.04. The van der Waals surface area contributed by atoms with Crippen LogP contribution in [0.1, 0.15) is 0 Å². The van der Waals surface area contributed by atoms with Gasteiger partial charge in [-0.1, -0.05) is 121 Å². The maximum Gasteiger partial charge on any atom is 0.137 e. The third-order valence-electron chi connectivity index (χ3n) is 12.3. The molecule has 0 N–H and O–H groups in total. The first-order valence-corrected chi connectivity index (χ1v) is 21.4. The Morgan fingerprint density at radius 3 is 1.11 bits per heavy atom. The fourth-order valence-corrected chi connectivity index (χ4v) is 9.40. The molecule has 0 fully saturated rings. The predicted octanol–water partition coefficient (Wildman–Crippen LogP) is 15.7. The Labute approximate surface area is 365 Å². The fourth-order valence-electron chi connectivity index (χ4n) is 9.40. The van der Waals surface area contributed by atoms with Crippen LogP contribution in [0.15, 0.2) is 243 Å². The van der Waals surface area contributed by atoms with Crippen LogP contribution in [0.5, 0.6) is 0 Å². The summed E-state index contributed by atoms with van der Waals surface area (Å²) in [4.78, 5) is 7.35. The van der Waals surface area contributed by atoms with Crippen molar-refractivity contribution >= 4 is 60.8 Å². The summed E-state index contributed by atoms with van der Waals surface area (Å²) in [5, 5.41) is 4.91. The van der Waals surface area contributed by atoms with Crippen LogP contribution in [-0.4, -0.2) is 14.1 Å². The van der Waals surface area contributed by atoms with E-state index in [9.17, 15) is 0 Å². The molecule has 0 radical (unpaired) electrons. The molecule has 63 heavy (non-hydrogen) atoms. The van der Waals surface area contributed by atoms with E-state index in [4.69, 9.17) is 4.98 Å². The number of aromatic nitrogens is 3. The fraction of sp³-hybridized carbons (Fsp3) is 0. The first-order chi connectivity index (χ1) is 31.2. The van der Waals surface area contributed by atoms with Crippen LogP contribution in [0.3, 0.4) is 0 Å². The normalized spacial score (nSPS) is 11.5. The van der Waals surface area contributed by atoms with E-state index in [1.807, 2.05) is 18.3 Å². The number of benzene rings is 9. The summed E-state index contributed by atoms with van der Waals surface area (Å²) < 4.78 is 4.75. The van der Waals surface area contributed by atoms with Gasteiger partial charge in [-0.25, -0.2) is 4.98 Å². The molecule has 9 aromatic carbocycles. The monoisotopic (exact) mass is 804 g/mol. The van der Waals surface area contributed by atoms with Gasteiger partial charge in [0, 0.05) is 56.1 Å². The Morgan fingerprint density at radius 1 is 0.286 bits per heavy atom. The van der Waals surface area contributed by atoms with Gasteiger partial charge in [0.2, 0.25) is 0 Å². The third-order valence-corrected chi connectivity index (χ3v) is 12.3. The number of pyridine rings is 1. The Kier molecular flexibility index (Phi) is 8.79. The Hall–Kier alpha value is -8.47. The van der Waals surface area contributed by atoms with Gasteiger partial charge in [0.15, 0.2) is 0 Å². The van der Waals surface area contributed by atoms with Crippen LogP contribution in [0.2, 0.25) is 0 Å². The number of hydrogen-bond acceptors (Lipinski definition) is 2. The molecule has 296 valence electrons. The van der Waals surface area contributed by atoms with Gasteiger partial charge in [0.25, 0.3) is 0 Å². The van der Waals surface area contributed by atoms with E-state index in [1.54, 1.807) is 0 Å². The SMILES string of the molecule is c1ccc(N(c2ccccc2)c2ccc(-c3cc(-c4ccc5c(c4)c4ccccc4n5-c4ccccc4)cc(-c4ccc5c(c4)c4ccccc4n5-c4ccccc4)c3)cn2)cc1. The van der Waals surface area contributed by atoms with Crippen molar-refractivity contribution in [1.82, 2.24) is 14.1 Å². The minimum atomic E-state index is 0.855. The highest BCUT2D eigenvalue weighted by Gasteiger charge is 2.18.